The summed E-state index contributed by atoms with van der Waals surface area (Å²) in [7, 11) is 1.48. The molecule has 3 N–H and O–H groups in total. The molecule has 0 saturated carbocycles. The van der Waals surface area contributed by atoms with Crippen LogP contribution in [0, 0.1) is 0 Å². The van der Waals surface area contributed by atoms with Gasteiger partial charge in [0.05, 0.1) is 12.5 Å². The number of amides is 2. The lowest BCUT2D eigenvalue weighted by Crippen LogP contribution is -2.36. The molecule has 2 amide bonds. The highest BCUT2D eigenvalue weighted by Gasteiger charge is 2.16. The van der Waals surface area contributed by atoms with Crippen LogP contribution in [-0.2, 0) is 4.79 Å². The third-order valence-corrected chi connectivity index (χ3v) is 2.11. The number of carbonyl (C=O) groups is 2. The van der Waals surface area contributed by atoms with Crippen molar-refractivity contribution in [2.45, 2.75) is 12.5 Å². The second-order valence-corrected chi connectivity index (χ2v) is 3.28. The number of carbonyl (C=O) groups excluding carboxylic acids is 1. The first kappa shape index (κ1) is 12.0. The van der Waals surface area contributed by atoms with Crippen molar-refractivity contribution in [2.75, 3.05) is 7.05 Å². The number of nitrogens with one attached hydrogen (secondary N) is 2. The summed E-state index contributed by atoms with van der Waals surface area (Å²) in [5, 5.41) is 13.7. The van der Waals surface area contributed by atoms with Crippen LogP contribution in [0.5, 0.6) is 0 Å². The topological polar surface area (TPSA) is 78.4 Å². The van der Waals surface area contributed by atoms with E-state index >= 15 is 0 Å². The Morgan fingerprint density at radius 1 is 1.31 bits per heavy atom. The number of carboxylic acids is 1. The van der Waals surface area contributed by atoms with E-state index < -0.39 is 18.0 Å². The molecule has 5 nitrogen and oxygen atoms in total. The van der Waals surface area contributed by atoms with E-state index in [2.05, 4.69) is 10.6 Å². The van der Waals surface area contributed by atoms with Gasteiger partial charge in [0.15, 0.2) is 0 Å². The predicted molar refractivity (Wildman–Crippen MR) is 59.0 cm³/mol. The van der Waals surface area contributed by atoms with Gasteiger partial charge in [-0.1, -0.05) is 30.3 Å². The summed E-state index contributed by atoms with van der Waals surface area (Å²) in [5.41, 5.74) is 0.772. The van der Waals surface area contributed by atoms with Crippen LogP contribution in [0.15, 0.2) is 30.3 Å². The Hall–Kier alpha value is -2.04. The van der Waals surface area contributed by atoms with Crippen molar-refractivity contribution < 1.29 is 14.7 Å². The molecule has 86 valence electrons. The average molecular weight is 222 g/mol. The van der Waals surface area contributed by atoms with E-state index in [-0.39, 0.29) is 6.42 Å². The highest BCUT2D eigenvalue weighted by atomic mass is 16.4. The first-order valence-electron chi connectivity index (χ1n) is 4.88. The number of carboxylic acid groups (broad SMARTS) is 1. The molecule has 0 aliphatic rings. The molecule has 0 aliphatic carbocycles. The standard InChI is InChI=1S/C11H14N2O3/c1-12-11(16)13-9(7-10(14)15)8-5-3-2-4-6-8/h2-6,9H,7H2,1H3,(H,14,15)(H2,12,13,16). The van der Waals surface area contributed by atoms with Gasteiger partial charge in [0.2, 0.25) is 0 Å². The van der Waals surface area contributed by atoms with E-state index in [1.54, 1.807) is 24.3 Å². The molecule has 0 heterocycles. The van der Waals surface area contributed by atoms with E-state index in [4.69, 9.17) is 5.11 Å². The van der Waals surface area contributed by atoms with Gasteiger partial charge in [-0.15, -0.1) is 0 Å². The maximum atomic E-state index is 11.2. The van der Waals surface area contributed by atoms with Crippen molar-refractivity contribution in [3.8, 4) is 0 Å². The molecule has 1 aromatic carbocycles. The fraction of sp³-hybridized carbons (Fsp3) is 0.273. The minimum absolute atomic E-state index is 0.141. The zero-order valence-electron chi connectivity index (χ0n) is 8.93. The van der Waals surface area contributed by atoms with Gasteiger partial charge in [0.25, 0.3) is 0 Å². The normalized spacial score (nSPS) is 11.6. The number of hydrogen-bond donors (Lipinski definition) is 3. The Balaban J connectivity index is 2.79. The predicted octanol–water partition coefficient (Wildman–Crippen LogP) is 1.13. The Labute approximate surface area is 93.5 Å². The average Bonchev–Trinajstić information content (AvgIpc) is 2.28. The van der Waals surface area contributed by atoms with E-state index in [1.807, 2.05) is 6.07 Å². The summed E-state index contributed by atoms with van der Waals surface area (Å²) in [6, 6.07) is 8.09. The SMILES string of the molecule is CNC(=O)NC(CC(=O)O)c1ccccc1. The third-order valence-electron chi connectivity index (χ3n) is 2.11. The van der Waals surface area contributed by atoms with E-state index in [1.165, 1.54) is 7.05 Å². The molecule has 0 aromatic heterocycles. The first-order chi connectivity index (χ1) is 7.63. The molecule has 0 bridgehead atoms. The molecule has 16 heavy (non-hydrogen) atoms. The minimum atomic E-state index is -0.953. The van der Waals surface area contributed by atoms with Gasteiger partial charge in [-0.2, -0.15) is 0 Å². The Morgan fingerprint density at radius 3 is 2.44 bits per heavy atom. The fourth-order valence-corrected chi connectivity index (χ4v) is 1.34. The molecule has 0 aliphatic heterocycles. The number of hydrogen-bond acceptors (Lipinski definition) is 2. The molecular weight excluding hydrogens is 208 g/mol. The van der Waals surface area contributed by atoms with Crippen molar-refractivity contribution >= 4 is 12.0 Å². The van der Waals surface area contributed by atoms with Crippen LogP contribution in [0.3, 0.4) is 0 Å². The minimum Gasteiger partial charge on any atom is -0.481 e. The Bertz CT molecular complexity index is 365. The summed E-state index contributed by atoms with van der Waals surface area (Å²) in [5.74, 6) is -0.953. The zero-order chi connectivity index (χ0) is 12.0. The van der Waals surface area contributed by atoms with Gasteiger partial charge in [0, 0.05) is 7.05 Å². The summed E-state index contributed by atoms with van der Waals surface area (Å²) in [6.45, 7) is 0. The summed E-state index contributed by atoms with van der Waals surface area (Å²) in [6.07, 6.45) is -0.141. The number of rotatable bonds is 4. The van der Waals surface area contributed by atoms with Crippen LogP contribution in [0.25, 0.3) is 0 Å². The fourth-order valence-electron chi connectivity index (χ4n) is 1.34. The van der Waals surface area contributed by atoms with Gasteiger partial charge in [0.1, 0.15) is 0 Å². The van der Waals surface area contributed by atoms with E-state index in [0.29, 0.717) is 0 Å². The lowest BCUT2D eigenvalue weighted by atomic mass is 10.0. The molecular formula is C11H14N2O3. The van der Waals surface area contributed by atoms with Gasteiger partial charge < -0.3 is 15.7 Å². The third kappa shape index (κ3) is 3.61. The molecule has 5 heteroatoms. The second kappa shape index (κ2) is 5.75. The number of urea groups is 1. The summed E-state index contributed by atoms with van der Waals surface area (Å²) < 4.78 is 0. The highest BCUT2D eigenvalue weighted by molar-refractivity contribution is 5.75. The second-order valence-electron chi connectivity index (χ2n) is 3.28. The molecule has 1 aromatic rings. The van der Waals surface area contributed by atoms with Crippen LogP contribution in [0.2, 0.25) is 0 Å². The quantitative estimate of drug-likeness (QED) is 0.714. The van der Waals surface area contributed by atoms with Crippen molar-refractivity contribution in [1.82, 2.24) is 10.6 Å². The van der Waals surface area contributed by atoms with Crippen LogP contribution in [0.4, 0.5) is 4.79 Å². The van der Waals surface area contributed by atoms with Gasteiger partial charge in [-0.3, -0.25) is 4.79 Å². The number of benzene rings is 1. The Kier molecular flexibility index (Phi) is 4.32. The molecule has 1 rings (SSSR count). The molecule has 1 atom stereocenters. The molecule has 0 fully saturated rings. The van der Waals surface area contributed by atoms with Crippen LogP contribution >= 0.6 is 0 Å². The van der Waals surface area contributed by atoms with E-state index in [9.17, 15) is 9.59 Å². The smallest absolute Gasteiger partial charge is 0.315 e. The molecule has 0 saturated heterocycles. The van der Waals surface area contributed by atoms with Crippen LogP contribution in [-0.4, -0.2) is 24.2 Å². The van der Waals surface area contributed by atoms with Crippen molar-refractivity contribution in [1.29, 1.82) is 0 Å². The summed E-state index contributed by atoms with van der Waals surface area (Å²) >= 11 is 0. The first-order valence-corrected chi connectivity index (χ1v) is 4.88. The van der Waals surface area contributed by atoms with Crippen LogP contribution in [0.1, 0.15) is 18.0 Å². The molecule has 0 radical (unpaired) electrons. The van der Waals surface area contributed by atoms with Gasteiger partial charge in [-0.05, 0) is 5.56 Å². The maximum Gasteiger partial charge on any atom is 0.315 e. The zero-order valence-corrected chi connectivity index (χ0v) is 8.93. The lowest BCUT2D eigenvalue weighted by Gasteiger charge is -2.16. The molecule has 1 unspecified atom stereocenters. The van der Waals surface area contributed by atoms with Crippen molar-refractivity contribution in [3.05, 3.63) is 35.9 Å². The van der Waals surface area contributed by atoms with Gasteiger partial charge >= 0.3 is 12.0 Å². The number of aliphatic carboxylic acids is 1. The van der Waals surface area contributed by atoms with Crippen LogP contribution < -0.4 is 10.6 Å². The Morgan fingerprint density at radius 2 is 1.94 bits per heavy atom. The monoisotopic (exact) mass is 222 g/mol. The lowest BCUT2D eigenvalue weighted by molar-refractivity contribution is -0.137. The van der Waals surface area contributed by atoms with Crippen molar-refractivity contribution in [3.63, 3.8) is 0 Å². The maximum absolute atomic E-state index is 11.2. The molecule has 0 spiro atoms. The largest absolute Gasteiger partial charge is 0.481 e. The highest BCUT2D eigenvalue weighted by Crippen LogP contribution is 2.16. The van der Waals surface area contributed by atoms with Gasteiger partial charge in [-0.25, -0.2) is 4.79 Å². The van der Waals surface area contributed by atoms with E-state index in [0.717, 1.165) is 5.56 Å². The summed E-state index contributed by atoms with van der Waals surface area (Å²) in [4.78, 5) is 21.8. The van der Waals surface area contributed by atoms with Crippen molar-refractivity contribution in [2.24, 2.45) is 0 Å².